The largest absolute Gasteiger partial charge is 0.492 e. The fourth-order valence-electron chi connectivity index (χ4n) is 2.50. The Balaban J connectivity index is 2.60. The van der Waals surface area contributed by atoms with Crippen LogP contribution in [0.4, 0.5) is 0 Å². The third-order valence-electron chi connectivity index (χ3n) is 5.01. The highest BCUT2D eigenvalue weighted by Crippen LogP contribution is 2.42. The Morgan fingerprint density at radius 1 is 1.15 bits per heavy atom. The van der Waals surface area contributed by atoms with Gasteiger partial charge in [0.15, 0.2) is 0 Å². The average Bonchev–Trinajstić information content (AvgIpc) is 2.90. The van der Waals surface area contributed by atoms with E-state index < -0.39 is 5.97 Å². The van der Waals surface area contributed by atoms with Crippen molar-refractivity contribution >= 4 is 23.6 Å². The molecule has 0 saturated carbocycles. The summed E-state index contributed by atoms with van der Waals surface area (Å²) in [6.45, 7) is 13.6. The second-order valence-corrected chi connectivity index (χ2v) is 9.28. The van der Waals surface area contributed by atoms with Gasteiger partial charge in [0.25, 0.3) is 0 Å². The van der Waals surface area contributed by atoms with Gasteiger partial charge in [0, 0.05) is 42.1 Å². The van der Waals surface area contributed by atoms with Gasteiger partial charge in [-0.25, -0.2) is 4.79 Å². The molecule has 0 unspecified atom stereocenters. The zero-order valence-corrected chi connectivity index (χ0v) is 17.9. The highest BCUT2D eigenvalue weighted by Gasteiger charge is 2.39. The molecule has 1 aromatic heterocycles. The summed E-state index contributed by atoms with van der Waals surface area (Å²) in [6, 6.07) is 2.47. The summed E-state index contributed by atoms with van der Waals surface area (Å²) in [5, 5.41) is 19.0. The molecule has 7 nitrogen and oxygen atoms in total. The second-order valence-electron chi connectivity index (χ2n) is 7.56. The lowest BCUT2D eigenvalue weighted by molar-refractivity contribution is -0.144. The molecule has 0 aliphatic heterocycles. The second kappa shape index (κ2) is 9.39. The summed E-state index contributed by atoms with van der Waals surface area (Å²) in [5.74, 6) is -0.563. The zero-order valence-electron chi connectivity index (χ0n) is 17.1. The minimum absolute atomic E-state index is 0.132. The maximum Gasteiger partial charge on any atom is 0.334 e. The molecule has 154 valence electrons. The van der Waals surface area contributed by atoms with E-state index in [1.165, 1.54) is 12.1 Å². The fraction of sp³-hybridized carbons (Fsp3) is 0.684. The Hall–Kier alpha value is -1.83. The Kier molecular flexibility index (Phi) is 8.07. The average molecular weight is 401 g/mol. The number of nitrogens with zero attached hydrogens (tertiary/aromatic N) is 2. The van der Waals surface area contributed by atoms with E-state index in [-0.39, 0.29) is 34.2 Å². The van der Waals surface area contributed by atoms with Gasteiger partial charge in [0.1, 0.15) is 0 Å². The first-order valence-electron chi connectivity index (χ1n) is 9.17. The molecule has 0 spiro atoms. The van der Waals surface area contributed by atoms with Gasteiger partial charge >= 0.3 is 5.97 Å². The van der Waals surface area contributed by atoms with Crippen molar-refractivity contribution in [1.82, 2.24) is 9.63 Å². The highest BCUT2D eigenvalue weighted by molar-refractivity contribution is 8.00. The van der Waals surface area contributed by atoms with Crippen LogP contribution in [0, 0.1) is 5.41 Å². The van der Waals surface area contributed by atoms with Crippen LogP contribution in [0.25, 0.3) is 0 Å². The van der Waals surface area contributed by atoms with Crippen LogP contribution in [-0.4, -0.2) is 55.3 Å². The van der Waals surface area contributed by atoms with E-state index in [0.717, 1.165) is 0 Å². The molecule has 1 heterocycles. The molecular weight excluding hydrogens is 368 g/mol. The number of thioether (sulfide) groups is 1. The Labute approximate surface area is 165 Å². The number of carbonyl (C=O) groups is 2. The first-order valence-corrected chi connectivity index (χ1v) is 10.2. The number of amides is 1. The lowest BCUT2D eigenvalue weighted by Crippen LogP contribution is -2.47. The van der Waals surface area contributed by atoms with Gasteiger partial charge < -0.3 is 20.0 Å². The van der Waals surface area contributed by atoms with Crippen molar-refractivity contribution in [2.75, 3.05) is 18.8 Å². The monoisotopic (exact) mass is 400 g/mol. The normalized spacial score (nSPS) is 12.1. The smallest absolute Gasteiger partial charge is 0.334 e. The predicted molar refractivity (Wildman–Crippen MR) is 107 cm³/mol. The summed E-state index contributed by atoms with van der Waals surface area (Å²) in [4.78, 5) is 30.9. The van der Waals surface area contributed by atoms with Crippen LogP contribution in [0.1, 0.15) is 54.4 Å². The SMILES string of the molecule is CCC(=O)N(CC)CC(C)(C)C(C)(C)SCCC(=O)On1c(O)ccc1O. The summed E-state index contributed by atoms with van der Waals surface area (Å²) >= 11 is 1.63. The molecule has 1 aromatic rings. The van der Waals surface area contributed by atoms with Gasteiger partial charge in [-0.1, -0.05) is 34.6 Å². The number of hydrogen-bond acceptors (Lipinski definition) is 6. The highest BCUT2D eigenvalue weighted by atomic mass is 32.2. The minimum Gasteiger partial charge on any atom is -0.492 e. The van der Waals surface area contributed by atoms with Gasteiger partial charge in [-0.2, -0.15) is 11.8 Å². The van der Waals surface area contributed by atoms with Crippen molar-refractivity contribution in [2.24, 2.45) is 5.41 Å². The third-order valence-corrected chi connectivity index (χ3v) is 6.70. The molecular formula is C19H32N2O5S. The van der Waals surface area contributed by atoms with Crippen molar-refractivity contribution in [2.45, 2.75) is 59.1 Å². The third kappa shape index (κ3) is 6.09. The van der Waals surface area contributed by atoms with Crippen LogP contribution in [0.5, 0.6) is 11.8 Å². The lowest BCUT2D eigenvalue weighted by atomic mass is 9.79. The van der Waals surface area contributed by atoms with E-state index in [0.29, 0.717) is 30.0 Å². The topological polar surface area (TPSA) is 92.0 Å². The van der Waals surface area contributed by atoms with E-state index in [4.69, 9.17) is 4.84 Å². The van der Waals surface area contributed by atoms with Crippen LogP contribution >= 0.6 is 11.8 Å². The van der Waals surface area contributed by atoms with Crippen molar-refractivity contribution in [3.8, 4) is 11.8 Å². The van der Waals surface area contributed by atoms with Gasteiger partial charge in [0.2, 0.25) is 17.7 Å². The van der Waals surface area contributed by atoms with Crippen LogP contribution in [0.15, 0.2) is 12.1 Å². The molecule has 0 bridgehead atoms. The van der Waals surface area contributed by atoms with E-state index in [1.54, 1.807) is 11.8 Å². The predicted octanol–water partition coefficient (Wildman–Crippen LogP) is 3.04. The first kappa shape index (κ1) is 23.2. The van der Waals surface area contributed by atoms with Crippen LogP contribution in [-0.2, 0) is 9.59 Å². The van der Waals surface area contributed by atoms with Crippen molar-refractivity contribution < 1.29 is 24.6 Å². The van der Waals surface area contributed by atoms with E-state index >= 15 is 0 Å². The number of carbonyl (C=O) groups excluding carboxylic acids is 2. The summed E-state index contributed by atoms with van der Waals surface area (Å²) in [5.41, 5.74) is -0.167. The molecule has 0 atom stereocenters. The van der Waals surface area contributed by atoms with E-state index in [2.05, 4.69) is 27.7 Å². The fourth-order valence-corrected chi connectivity index (χ4v) is 3.73. The maximum absolute atomic E-state index is 12.1. The minimum atomic E-state index is -0.547. The van der Waals surface area contributed by atoms with Crippen LogP contribution in [0.3, 0.4) is 0 Å². The summed E-state index contributed by atoms with van der Waals surface area (Å²) < 4.78 is 0.504. The van der Waals surface area contributed by atoms with Gasteiger partial charge in [-0.3, -0.25) is 4.79 Å². The van der Waals surface area contributed by atoms with Crippen LogP contribution in [0.2, 0.25) is 0 Å². The van der Waals surface area contributed by atoms with Crippen molar-refractivity contribution in [3.05, 3.63) is 12.1 Å². The first-order chi connectivity index (χ1) is 12.4. The summed E-state index contributed by atoms with van der Waals surface area (Å²) in [7, 11) is 0. The molecule has 27 heavy (non-hydrogen) atoms. The summed E-state index contributed by atoms with van der Waals surface area (Å²) in [6.07, 6.45) is 0.620. The Bertz CT molecular complexity index is 635. The van der Waals surface area contributed by atoms with Crippen LogP contribution < -0.4 is 4.84 Å². The van der Waals surface area contributed by atoms with Gasteiger partial charge in [0.05, 0.1) is 6.42 Å². The lowest BCUT2D eigenvalue weighted by Gasteiger charge is -2.44. The van der Waals surface area contributed by atoms with E-state index in [9.17, 15) is 19.8 Å². The molecule has 0 aliphatic carbocycles. The molecule has 0 saturated heterocycles. The molecule has 2 N–H and O–H groups in total. The van der Waals surface area contributed by atoms with Gasteiger partial charge in [-0.05, 0) is 12.3 Å². The molecule has 1 rings (SSSR count). The Morgan fingerprint density at radius 2 is 1.70 bits per heavy atom. The van der Waals surface area contributed by atoms with E-state index in [1.807, 2.05) is 18.7 Å². The standard InChI is InChI=1S/C19H32N2O5S/c1-7-14(22)20(8-2)13-18(3,4)19(5,6)27-12-11-17(25)26-21-15(23)9-10-16(21)24/h9-10,23-24H,7-8,11-13H2,1-6H3. The van der Waals surface area contributed by atoms with Gasteiger partial charge in [-0.15, -0.1) is 4.73 Å². The Morgan fingerprint density at radius 3 is 2.19 bits per heavy atom. The molecule has 0 aromatic carbocycles. The van der Waals surface area contributed by atoms with Crippen molar-refractivity contribution in [3.63, 3.8) is 0 Å². The van der Waals surface area contributed by atoms with Crippen molar-refractivity contribution in [1.29, 1.82) is 0 Å². The molecule has 1 amide bonds. The number of aromatic nitrogens is 1. The molecule has 0 fully saturated rings. The number of hydrogen-bond donors (Lipinski definition) is 2. The quantitative estimate of drug-likeness (QED) is 0.627. The maximum atomic E-state index is 12.1. The molecule has 0 radical (unpaired) electrons. The molecule has 8 heteroatoms. The number of rotatable bonds is 10. The molecule has 0 aliphatic rings. The zero-order chi connectivity index (χ0) is 20.8. The number of aromatic hydroxyl groups is 2.